The van der Waals surface area contributed by atoms with Crippen LogP contribution in [0.25, 0.3) is 0 Å². The van der Waals surface area contributed by atoms with E-state index in [4.69, 9.17) is 5.26 Å². The van der Waals surface area contributed by atoms with Gasteiger partial charge >= 0.3 is 0 Å². The van der Waals surface area contributed by atoms with E-state index in [9.17, 15) is 4.79 Å². The summed E-state index contributed by atoms with van der Waals surface area (Å²) in [5.74, 6) is 0.0910. The molecule has 4 nitrogen and oxygen atoms in total. The second-order valence-corrected chi connectivity index (χ2v) is 5.59. The molecule has 4 heteroatoms. The molecule has 1 aromatic rings. The molecule has 3 rings (SSSR count). The first-order chi connectivity index (χ1) is 9.22. The molecule has 1 aromatic carbocycles. The van der Waals surface area contributed by atoms with Crippen molar-refractivity contribution in [3.8, 4) is 6.07 Å². The number of hydrogen-bond donors (Lipinski definition) is 1. The van der Waals surface area contributed by atoms with Crippen LogP contribution in [0.3, 0.4) is 0 Å². The first-order valence-electron chi connectivity index (χ1n) is 6.73. The largest absolute Gasteiger partial charge is 0.338 e. The lowest BCUT2D eigenvalue weighted by Gasteiger charge is -2.22. The Bertz CT molecular complexity index is 523. The minimum Gasteiger partial charge on any atom is -0.338 e. The topological polar surface area (TPSA) is 56.1 Å². The number of amides is 1. The number of benzene rings is 1. The molecule has 2 heterocycles. The standard InChI is InChI=1S/C15H17N3O/c16-9-12-1-3-13(4-2-12)14(19)18-8-6-15(11-18)5-7-17-10-15/h1-4,17H,5-8,10-11H2. The van der Waals surface area contributed by atoms with Gasteiger partial charge in [0.25, 0.3) is 5.91 Å². The zero-order valence-electron chi connectivity index (χ0n) is 10.9. The molecule has 0 bridgehead atoms. The quantitative estimate of drug-likeness (QED) is 0.825. The minimum atomic E-state index is 0.0910. The van der Waals surface area contributed by atoms with Gasteiger partial charge in [0.1, 0.15) is 0 Å². The van der Waals surface area contributed by atoms with Crippen molar-refractivity contribution in [1.29, 1.82) is 5.26 Å². The summed E-state index contributed by atoms with van der Waals surface area (Å²) in [5, 5.41) is 12.2. The Balaban J connectivity index is 1.72. The zero-order chi connectivity index (χ0) is 13.3. The number of rotatable bonds is 1. The summed E-state index contributed by atoms with van der Waals surface area (Å²) in [6, 6.07) is 8.98. The maximum absolute atomic E-state index is 12.4. The third-order valence-corrected chi connectivity index (χ3v) is 4.32. The van der Waals surface area contributed by atoms with Gasteiger partial charge in [0.15, 0.2) is 0 Å². The van der Waals surface area contributed by atoms with E-state index < -0.39 is 0 Å². The summed E-state index contributed by atoms with van der Waals surface area (Å²) in [7, 11) is 0. The average Bonchev–Trinajstić information content (AvgIpc) is 3.09. The van der Waals surface area contributed by atoms with Crippen LogP contribution in [0.4, 0.5) is 0 Å². The van der Waals surface area contributed by atoms with Gasteiger partial charge in [-0.1, -0.05) is 0 Å². The number of nitrogens with one attached hydrogen (secondary N) is 1. The number of hydrogen-bond acceptors (Lipinski definition) is 3. The van der Waals surface area contributed by atoms with Gasteiger partial charge in [0.05, 0.1) is 11.6 Å². The summed E-state index contributed by atoms with van der Waals surface area (Å²) < 4.78 is 0. The van der Waals surface area contributed by atoms with Gasteiger partial charge in [-0.25, -0.2) is 0 Å². The lowest BCUT2D eigenvalue weighted by atomic mass is 9.86. The van der Waals surface area contributed by atoms with Crippen LogP contribution in [0.1, 0.15) is 28.8 Å². The van der Waals surface area contributed by atoms with Crippen molar-refractivity contribution in [1.82, 2.24) is 10.2 Å². The Morgan fingerprint density at radius 1 is 1.32 bits per heavy atom. The van der Waals surface area contributed by atoms with Gasteiger partial charge in [0.2, 0.25) is 0 Å². The zero-order valence-corrected chi connectivity index (χ0v) is 10.9. The van der Waals surface area contributed by atoms with E-state index in [2.05, 4.69) is 11.4 Å². The Hall–Kier alpha value is -1.86. The number of nitrogens with zero attached hydrogens (tertiary/aromatic N) is 2. The highest BCUT2D eigenvalue weighted by atomic mass is 16.2. The highest BCUT2D eigenvalue weighted by Crippen LogP contribution is 2.36. The predicted molar refractivity (Wildman–Crippen MR) is 71.6 cm³/mol. The summed E-state index contributed by atoms with van der Waals surface area (Å²) in [5.41, 5.74) is 1.58. The third kappa shape index (κ3) is 2.22. The maximum Gasteiger partial charge on any atom is 0.253 e. The van der Waals surface area contributed by atoms with Crippen LogP contribution in [-0.4, -0.2) is 37.0 Å². The van der Waals surface area contributed by atoms with E-state index in [1.165, 1.54) is 6.42 Å². The molecule has 0 saturated carbocycles. The summed E-state index contributed by atoms with van der Waals surface area (Å²) in [6.07, 6.45) is 2.27. The Morgan fingerprint density at radius 2 is 2.11 bits per heavy atom. The maximum atomic E-state index is 12.4. The van der Waals surface area contributed by atoms with E-state index in [1.807, 2.05) is 4.90 Å². The van der Waals surface area contributed by atoms with Gasteiger partial charge in [0, 0.05) is 30.6 Å². The number of likely N-dealkylation sites (tertiary alicyclic amines) is 1. The number of carbonyl (C=O) groups is 1. The molecule has 98 valence electrons. The first-order valence-corrected chi connectivity index (χ1v) is 6.73. The molecule has 1 N–H and O–H groups in total. The third-order valence-electron chi connectivity index (χ3n) is 4.32. The second kappa shape index (κ2) is 4.67. The molecular formula is C15H17N3O. The van der Waals surface area contributed by atoms with Crippen LogP contribution >= 0.6 is 0 Å². The summed E-state index contributed by atoms with van der Waals surface area (Å²) >= 11 is 0. The molecule has 2 aliphatic heterocycles. The van der Waals surface area contributed by atoms with Gasteiger partial charge in [-0.2, -0.15) is 5.26 Å². The smallest absolute Gasteiger partial charge is 0.253 e. The van der Waals surface area contributed by atoms with Gasteiger partial charge in [-0.15, -0.1) is 0 Å². The lowest BCUT2D eigenvalue weighted by molar-refractivity contribution is 0.0775. The van der Waals surface area contributed by atoms with E-state index in [1.54, 1.807) is 24.3 Å². The Morgan fingerprint density at radius 3 is 2.74 bits per heavy atom. The normalized spacial score (nSPS) is 25.7. The molecule has 2 saturated heterocycles. The number of carbonyl (C=O) groups excluding carboxylic acids is 1. The van der Waals surface area contributed by atoms with E-state index in [0.29, 0.717) is 16.5 Å². The molecule has 1 spiro atoms. The van der Waals surface area contributed by atoms with Crippen LogP contribution in [0.15, 0.2) is 24.3 Å². The van der Waals surface area contributed by atoms with E-state index in [-0.39, 0.29) is 5.91 Å². The molecule has 1 unspecified atom stereocenters. The van der Waals surface area contributed by atoms with Crippen molar-refractivity contribution in [2.45, 2.75) is 12.8 Å². The van der Waals surface area contributed by atoms with E-state index in [0.717, 1.165) is 32.6 Å². The SMILES string of the molecule is N#Cc1ccc(C(=O)N2CCC3(CCNC3)C2)cc1. The highest BCUT2D eigenvalue weighted by Gasteiger charge is 2.41. The van der Waals surface area contributed by atoms with Gasteiger partial charge in [-0.05, 0) is 43.7 Å². The minimum absolute atomic E-state index is 0.0910. The van der Waals surface area contributed by atoms with Crippen molar-refractivity contribution < 1.29 is 4.79 Å². The van der Waals surface area contributed by atoms with Crippen molar-refractivity contribution in [3.05, 3.63) is 35.4 Å². The highest BCUT2D eigenvalue weighted by molar-refractivity contribution is 5.94. The van der Waals surface area contributed by atoms with Crippen molar-refractivity contribution >= 4 is 5.91 Å². The fourth-order valence-electron chi connectivity index (χ4n) is 3.12. The predicted octanol–water partition coefficient (Wildman–Crippen LogP) is 1.38. The monoisotopic (exact) mass is 255 g/mol. The fourth-order valence-corrected chi connectivity index (χ4v) is 3.12. The molecule has 2 fully saturated rings. The molecule has 0 radical (unpaired) electrons. The molecular weight excluding hydrogens is 238 g/mol. The van der Waals surface area contributed by atoms with Crippen molar-refractivity contribution in [3.63, 3.8) is 0 Å². The van der Waals surface area contributed by atoms with Crippen molar-refractivity contribution in [2.75, 3.05) is 26.2 Å². The summed E-state index contributed by atoms with van der Waals surface area (Å²) in [4.78, 5) is 14.4. The first kappa shape index (κ1) is 12.2. The Kier molecular flexibility index (Phi) is 3.00. The van der Waals surface area contributed by atoms with Crippen LogP contribution in [0.2, 0.25) is 0 Å². The number of nitriles is 1. The van der Waals surface area contributed by atoms with Gasteiger partial charge < -0.3 is 10.2 Å². The lowest BCUT2D eigenvalue weighted by Crippen LogP contribution is -2.33. The second-order valence-electron chi connectivity index (χ2n) is 5.59. The molecule has 2 aliphatic rings. The Labute approximate surface area is 113 Å². The van der Waals surface area contributed by atoms with Crippen LogP contribution in [-0.2, 0) is 0 Å². The molecule has 0 aliphatic carbocycles. The fraction of sp³-hybridized carbons (Fsp3) is 0.467. The molecule has 0 aromatic heterocycles. The van der Waals surface area contributed by atoms with Crippen molar-refractivity contribution in [2.24, 2.45) is 5.41 Å². The van der Waals surface area contributed by atoms with Crippen LogP contribution < -0.4 is 5.32 Å². The van der Waals surface area contributed by atoms with Crippen LogP contribution in [0.5, 0.6) is 0 Å². The average molecular weight is 255 g/mol. The molecule has 1 amide bonds. The molecule has 19 heavy (non-hydrogen) atoms. The van der Waals surface area contributed by atoms with Crippen LogP contribution in [0, 0.1) is 16.7 Å². The van der Waals surface area contributed by atoms with E-state index >= 15 is 0 Å². The molecule has 1 atom stereocenters. The summed E-state index contributed by atoms with van der Waals surface area (Å²) in [6.45, 7) is 3.81. The van der Waals surface area contributed by atoms with Gasteiger partial charge in [-0.3, -0.25) is 4.79 Å².